The number of carbonyl (C=O) groups excluding carboxylic acids is 1. The largest absolute Gasteiger partial charge is 0.481 e. The summed E-state index contributed by atoms with van der Waals surface area (Å²) in [6, 6.07) is -0.365. The van der Waals surface area contributed by atoms with Gasteiger partial charge in [0, 0.05) is 19.1 Å². The number of urea groups is 1. The van der Waals surface area contributed by atoms with Gasteiger partial charge in [-0.15, -0.1) is 0 Å². The highest BCUT2D eigenvalue weighted by Crippen LogP contribution is 2.19. The Labute approximate surface area is 114 Å². The van der Waals surface area contributed by atoms with E-state index >= 15 is 0 Å². The highest BCUT2D eigenvalue weighted by atomic mass is 16.5. The second kappa shape index (κ2) is 7.99. The Morgan fingerprint density at radius 1 is 1.42 bits per heavy atom. The van der Waals surface area contributed by atoms with Gasteiger partial charge in [0.25, 0.3) is 0 Å². The minimum absolute atomic E-state index is 0.0237. The van der Waals surface area contributed by atoms with Crippen molar-refractivity contribution in [2.75, 3.05) is 19.7 Å². The van der Waals surface area contributed by atoms with Crippen molar-refractivity contribution < 1.29 is 19.4 Å². The van der Waals surface area contributed by atoms with Crippen molar-refractivity contribution in [1.82, 2.24) is 10.2 Å². The maximum atomic E-state index is 12.0. The third-order valence-corrected chi connectivity index (χ3v) is 3.13. The lowest BCUT2D eigenvalue weighted by molar-refractivity contribution is -0.138. The molecule has 2 N–H and O–H groups in total. The SMILES string of the molecule is CC(C)OCCNC(=O)N1CCCCC1CC(=O)O. The van der Waals surface area contributed by atoms with Gasteiger partial charge in [-0.3, -0.25) is 4.79 Å². The molecule has 1 fully saturated rings. The van der Waals surface area contributed by atoms with Crippen LogP contribution in [0.4, 0.5) is 4.79 Å². The summed E-state index contributed by atoms with van der Waals surface area (Å²) in [6.45, 7) is 5.44. The molecule has 0 radical (unpaired) electrons. The van der Waals surface area contributed by atoms with Crippen LogP contribution in [-0.2, 0) is 9.53 Å². The minimum atomic E-state index is -0.854. The molecule has 110 valence electrons. The number of aliphatic carboxylic acids is 1. The van der Waals surface area contributed by atoms with Crippen LogP contribution in [-0.4, -0.2) is 53.8 Å². The first-order valence-electron chi connectivity index (χ1n) is 6.88. The molecule has 0 aromatic rings. The Bertz CT molecular complexity index is 307. The molecule has 1 rings (SSSR count). The van der Waals surface area contributed by atoms with Gasteiger partial charge in [0.05, 0.1) is 19.1 Å². The number of rotatable bonds is 6. The Balaban J connectivity index is 2.37. The molecule has 19 heavy (non-hydrogen) atoms. The van der Waals surface area contributed by atoms with Gasteiger partial charge >= 0.3 is 12.0 Å². The predicted molar refractivity (Wildman–Crippen MR) is 71.1 cm³/mol. The van der Waals surface area contributed by atoms with E-state index in [9.17, 15) is 9.59 Å². The number of piperidine rings is 1. The molecule has 0 bridgehead atoms. The first-order valence-corrected chi connectivity index (χ1v) is 6.88. The molecular formula is C13H24N2O4. The van der Waals surface area contributed by atoms with E-state index in [4.69, 9.17) is 9.84 Å². The number of hydrogen-bond acceptors (Lipinski definition) is 3. The van der Waals surface area contributed by atoms with Crippen LogP contribution in [0.1, 0.15) is 39.5 Å². The van der Waals surface area contributed by atoms with Gasteiger partial charge in [0.15, 0.2) is 0 Å². The number of carboxylic acid groups (broad SMARTS) is 1. The lowest BCUT2D eigenvalue weighted by Crippen LogP contribution is -2.50. The number of carbonyl (C=O) groups is 2. The van der Waals surface area contributed by atoms with Gasteiger partial charge in [-0.25, -0.2) is 4.79 Å². The Morgan fingerprint density at radius 2 is 2.16 bits per heavy atom. The number of hydrogen-bond donors (Lipinski definition) is 2. The first-order chi connectivity index (χ1) is 9.00. The summed E-state index contributed by atoms with van der Waals surface area (Å²) in [4.78, 5) is 24.4. The third kappa shape index (κ3) is 5.92. The molecule has 0 aromatic heterocycles. The average Bonchev–Trinajstić information content (AvgIpc) is 2.34. The monoisotopic (exact) mass is 272 g/mol. The van der Waals surface area contributed by atoms with E-state index in [1.807, 2.05) is 13.8 Å². The number of nitrogens with one attached hydrogen (secondary N) is 1. The van der Waals surface area contributed by atoms with Crippen LogP contribution in [0.2, 0.25) is 0 Å². The second-order valence-electron chi connectivity index (χ2n) is 5.09. The van der Waals surface area contributed by atoms with E-state index in [1.54, 1.807) is 4.90 Å². The summed E-state index contributed by atoms with van der Waals surface area (Å²) in [6.07, 6.45) is 2.86. The lowest BCUT2D eigenvalue weighted by atomic mass is 10.00. The normalized spacial score (nSPS) is 19.5. The van der Waals surface area contributed by atoms with Crippen LogP contribution < -0.4 is 5.32 Å². The Hall–Kier alpha value is -1.30. The van der Waals surface area contributed by atoms with Gasteiger partial charge < -0.3 is 20.1 Å². The number of nitrogens with zero attached hydrogens (tertiary/aromatic N) is 1. The summed E-state index contributed by atoms with van der Waals surface area (Å²) < 4.78 is 5.34. The lowest BCUT2D eigenvalue weighted by Gasteiger charge is -2.34. The fourth-order valence-corrected chi connectivity index (χ4v) is 2.24. The molecule has 0 spiro atoms. The zero-order chi connectivity index (χ0) is 14.3. The van der Waals surface area contributed by atoms with E-state index in [-0.39, 0.29) is 24.6 Å². The van der Waals surface area contributed by atoms with Gasteiger partial charge in [-0.05, 0) is 33.1 Å². The summed E-state index contributed by atoms with van der Waals surface area (Å²) >= 11 is 0. The van der Waals surface area contributed by atoms with Gasteiger partial charge in [0.2, 0.25) is 0 Å². The van der Waals surface area contributed by atoms with Gasteiger partial charge in [0.1, 0.15) is 0 Å². The molecule has 1 aliphatic rings. The number of carboxylic acids is 1. The maximum Gasteiger partial charge on any atom is 0.317 e. The van der Waals surface area contributed by atoms with Crippen LogP contribution in [0.3, 0.4) is 0 Å². The van der Waals surface area contributed by atoms with Crippen LogP contribution in [0, 0.1) is 0 Å². The summed E-state index contributed by atoms with van der Waals surface area (Å²) in [5, 5.41) is 11.6. The maximum absolute atomic E-state index is 12.0. The predicted octanol–water partition coefficient (Wildman–Crippen LogP) is 1.45. The highest BCUT2D eigenvalue weighted by Gasteiger charge is 2.28. The second-order valence-corrected chi connectivity index (χ2v) is 5.09. The molecule has 0 saturated carbocycles. The van der Waals surface area contributed by atoms with E-state index in [0.717, 1.165) is 19.3 Å². The molecule has 1 heterocycles. The quantitative estimate of drug-likeness (QED) is 0.717. The first kappa shape index (κ1) is 15.8. The summed E-state index contributed by atoms with van der Waals surface area (Å²) in [7, 11) is 0. The fourth-order valence-electron chi connectivity index (χ4n) is 2.24. The Kier molecular flexibility index (Phi) is 6.62. The van der Waals surface area contributed by atoms with Gasteiger partial charge in [-0.1, -0.05) is 0 Å². The van der Waals surface area contributed by atoms with Crippen molar-refractivity contribution in [2.24, 2.45) is 0 Å². The summed E-state index contributed by atoms with van der Waals surface area (Å²) in [5.74, 6) is -0.854. The van der Waals surface area contributed by atoms with Crippen molar-refractivity contribution in [3.05, 3.63) is 0 Å². The van der Waals surface area contributed by atoms with Crippen LogP contribution in [0.15, 0.2) is 0 Å². The topological polar surface area (TPSA) is 78.9 Å². The fraction of sp³-hybridized carbons (Fsp3) is 0.846. The zero-order valence-corrected chi connectivity index (χ0v) is 11.7. The number of amides is 2. The zero-order valence-electron chi connectivity index (χ0n) is 11.7. The van der Waals surface area contributed by atoms with Crippen molar-refractivity contribution in [3.8, 4) is 0 Å². The molecule has 6 heteroatoms. The van der Waals surface area contributed by atoms with Crippen molar-refractivity contribution in [3.63, 3.8) is 0 Å². The molecular weight excluding hydrogens is 248 g/mol. The van der Waals surface area contributed by atoms with Crippen LogP contribution in [0.25, 0.3) is 0 Å². The summed E-state index contributed by atoms with van der Waals surface area (Å²) in [5.41, 5.74) is 0. The molecule has 0 aliphatic carbocycles. The van der Waals surface area contributed by atoms with E-state index < -0.39 is 5.97 Å². The molecule has 2 amide bonds. The van der Waals surface area contributed by atoms with Crippen molar-refractivity contribution in [1.29, 1.82) is 0 Å². The number of likely N-dealkylation sites (tertiary alicyclic amines) is 1. The smallest absolute Gasteiger partial charge is 0.317 e. The minimum Gasteiger partial charge on any atom is -0.481 e. The van der Waals surface area contributed by atoms with Crippen LogP contribution >= 0.6 is 0 Å². The molecule has 1 saturated heterocycles. The molecule has 1 atom stereocenters. The van der Waals surface area contributed by atoms with Crippen LogP contribution in [0.5, 0.6) is 0 Å². The van der Waals surface area contributed by atoms with E-state index in [2.05, 4.69) is 5.32 Å². The molecule has 1 aliphatic heterocycles. The Morgan fingerprint density at radius 3 is 2.79 bits per heavy atom. The highest BCUT2D eigenvalue weighted by molar-refractivity contribution is 5.76. The standard InChI is InChI=1S/C13H24N2O4/c1-10(2)19-8-6-14-13(18)15-7-4-3-5-11(15)9-12(16)17/h10-11H,3-9H2,1-2H3,(H,14,18)(H,16,17). The van der Waals surface area contributed by atoms with E-state index in [1.165, 1.54) is 0 Å². The molecule has 6 nitrogen and oxygen atoms in total. The third-order valence-electron chi connectivity index (χ3n) is 3.13. The number of ether oxygens (including phenoxy) is 1. The van der Waals surface area contributed by atoms with Crippen molar-refractivity contribution in [2.45, 2.75) is 51.7 Å². The van der Waals surface area contributed by atoms with E-state index in [0.29, 0.717) is 19.7 Å². The average molecular weight is 272 g/mol. The van der Waals surface area contributed by atoms with Gasteiger partial charge in [-0.2, -0.15) is 0 Å². The van der Waals surface area contributed by atoms with Crippen molar-refractivity contribution >= 4 is 12.0 Å². The molecule has 0 aromatic carbocycles. The molecule has 1 unspecified atom stereocenters.